The van der Waals surface area contributed by atoms with E-state index >= 15 is 0 Å². The maximum absolute atomic E-state index is 12.8. The highest BCUT2D eigenvalue weighted by molar-refractivity contribution is 7.13. The number of halogens is 1. The topological polar surface area (TPSA) is 68.2 Å². The van der Waals surface area contributed by atoms with Crippen molar-refractivity contribution in [2.24, 2.45) is 0 Å². The molecular weight excluding hydrogens is 355 g/mol. The summed E-state index contributed by atoms with van der Waals surface area (Å²) in [5, 5.41) is 2.60. The van der Waals surface area contributed by atoms with E-state index in [0.717, 1.165) is 23.0 Å². The average Bonchev–Trinajstić information content (AvgIpc) is 3.34. The van der Waals surface area contributed by atoms with Gasteiger partial charge in [0.25, 0.3) is 5.91 Å². The second kappa shape index (κ2) is 7.17. The minimum atomic E-state index is -0.515. The number of hydrogen-bond acceptors (Lipinski definition) is 6. The highest BCUT2D eigenvalue weighted by Gasteiger charge is 2.30. The molecule has 1 fully saturated rings. The maximum atomic E-state index is 12.8. The third-order valence-electron chi connectivity index (χ3n) is 4.04. The lowest BCUT2D eigenvalue weighted by molar-refractivity contribution is 0.0765. The number of likely N-dealkylation sites (tertiary alicyclic amines) is 1. The molecule has 1 aliphatic heterocycles. The number of ether oxygens (including phenoxy) is 1. The average molecular weight is 370 g/mol. The SMILES string of the molecule is O=C(c1csc(-c2ccccc2)n1)N1CC[C@H](Oc2ncc(F)cn2)C1. The van der Waals surface area contributed by atoms with E-state index in [9.17, 15) is 9.18 Å². The van der Waals surface area contributed by atoms with Gasteiger partial charge in [-0.15, -0.1) is 11.3 Å². The Bertz CT molecular complexity index is 901. The van der Waals surface area contributed by atoms with Crippen LogP contribution in [0, 0.1) is 5.82 Å². The van der Waals surface area contributed by atoms with Crippen molar-refractivity contribution in [2.75, 3.05) is 13.1 Å². The van der Waals surface area contributed by atoms with Crippen LogP contribution in [-0.2, 0) is 0 Å². The summed E-state index contributed by atoms with van der Waals surface area (Å²) in [7, 11) is 0. The number of aromatic nitrogens is 3. The van der Waals surface area contributed by atoms with Crippen molar-refractivity contribution in [1.29, 1.82) is 0 Å². The Morgan fingerprint density at radius 2 is 2.00 bits per heavy atom. The van der Waals surface area contributed by atoms with E-state index in [1.807, 2.05) is 30.3 Å². The largest absolute Gasteiger partial charge is 0.458 e. The van der Waals surface area contributed by atoms with Gasteiger partial charge in [0.15, 0.2) is 5.82 Å². The van der Waals surface area contributed by atoms with E-state index in [0.29, 0.717) is 25.2 Å². The molecule has 132 valence electrons. The van der Waals surface area contributed by atoms with Gasteiger partial charge in [0, 0.05) is 23.9 Å². The van der Waals surface area contributed by atoms with E-state index in [1.165, 1.54) is 11.3 Å². The molecule has 3 aromatic rings. The molecule has 2 aromatic heterocycles. The van der Waals surface area contributed by atoms with Crippen molar-refractivity contribution in [3.05, 3.63) is 59.6 Å². The number of carbonyl (C=O) groups excluding carboxylic acids is 1. The zero-order valence-corrected chi connectivity index (χ0v) is 14.5. The van der Waals surface area contributed by atoms with Gasteiger partial charge in [-0.3, -0.25) is 4.79 Å². The normalized spacial score (nSPS) is 16.7. The molecule has 0 unspecified atom stereocenters. The fraction of sp³-hybridized carbons (Fsp3) is 0.222. The summed E-state index contributed by atoms with van der Waals surface area (Å²) in [5.74, 6) is -0.632. The minimum absolute atomic E-state index is 0.116. The van der Waals surface area contributed by atoms with Crippen molar-refractivity contribution in [3.8, 4) is 16.6 Å². The first-order chi connectivity index (χ1) is 12.7. The summed E-state index contributed by atoms with van der Waals surface area (Å²) in [6.45, 7) is 1.00. The first-order valence-corrected chi connectivity index (χ1v) is 9.01. The van der Waals surface area contributed by atoms with Gasteiger partial charge >= 0.3 is 6.01 Å². The summed E-state index contributed by atoms with van der Waals surface area (Å²) in [5.41, 5.74) is 1.43. The van der Waals surface area contributed by atoms with E-state index < -0.39 is 5.82 Å². The lowest BCUT2D eigenvalue weighted by atomic mass is 10.2. The summed E-state index contributed by atoms with van der Waals surface area (Å²) in [4.78, 5) is 26.4. The highest BCUT2D eigenvalue weighted by atomic mass is 32.1. The van der Waals surface area contributed by atoms with E-state index in [-0.39, 0.29) is 18.0 Å². The number of nitrogens with zero attached hydrogens (tertiary/aromatic N) is 4. The van der Waals surface area contributed by atoms with Crippen LogP contribution in [0.25, 0.3) is 10.6 Å². The standard InChI is InChI=1S/C18H15FN4O2S/c19-13-8-20-18(21-9-13)25-14-6-7-23(10-14)17(24)15-11-26-16(22-15)12-4-2-1-3-5-12/h1-5,8-9,11,14H,6-7,10H2/t14-/m0/s1. The van der Waals surface area contributed by atoms with Crippen LogP contribution >= 0.6 is 11.3 Å². The summed E-state index contributed by atoms with van der Waals surface area (Å²) < 4.78 is 18.5. The molecule has 8 heteroatoms. The molecule has 1 aromatic carbocycles. The molecular formula is C18H15FN4O2S. The third-order valence-corrected chi connectivity index (χ3v) is 4.94. The predicted molar refractivity (Wildman–Crippen MR) is 94.5 cm³/mol. The van der Waals surface area contributed by atoms with Crippen molar-refractivity contribution in [1.82, 2.24) is 19.9 Å². The van der Waals surface area contributed by atoms with Crippen molar-refractivity contribution >= 4 is 17.2 Å². The molecule has 3 heterocycles. The molecule has 6 nitrogen and oxygen atoms in total. The first kappa shape index (κ1) is 16.6. The number of benzene rings is 1. The molecule has 0 N–H and O–H groups in total. The smallest absolute Gasteiger partial charge is 0.316 e. The Kier molecular flexibility index (Phi) is 4.57. The van der Waals surface area contributed by atoms with Gasteiger partial charge in [-0.25, -0.2) is 19.3 Å². The Labute approximate surface area is 153 Å². The molecule has 4 rings (SSSR count). The monoisotopic (exact) mass is 370 g/mol. The molecule has 1 atom stereocenters. The number of rotatable bonds is 4. The van der Waals surface area contributed by atoms with Gasteiger partial charge in [-0.2, -0.15) is 0 Å². The Hall–Kier alpha value is -2.87. The van der Waals surface area contributed by atoms with Crippen LogP contribution in [-0.4, -0.2) is 45.0 Å². The predicted octanol–water partition coefficient (Wildman–Crippen LogP) is 3.03. The number of thiazole rings is 1. The van der Waals surface area contributed by atoms with Crippen LogP contribution in [0.4, 0.5) is 4.39 Å². The van der Waals surface area contributed by atoms with Crippen molar-refractivity contribution < 1.29 is 13.9 Å². The van der Waals surface area contributed by atoms with E-state index in [4.69, 9.17) is 4.74 Å². The van der Waals surface area contributed by atoms with E-state index in [1.54, 1.807) is 10.3 Å². The molecule has 1 saturated heterocycles. The summed E-state index contributed by atoms with van der Waals surface area (Å²) in [6.07, 6.45) is 2.57. The van der Waals surface area contributed by atoms with Crippen molar-refractivity contribution in [2.45, 2.75) is 12.5 Å². The molecule has 0 bridgehead atoms. The second-order valence-electron chi connectivity index (χ2n) is 5.87. The van der Waals surface area contributed by atoms with E-state index in [2.05, 4.69) is 15.0 Å². The van der Waals surface area contributed by atoms with Gasteiger partial charge in [-0.1, -0.05) is 30.3 Å². The maximum Gasteiger partial charge on any atom is 0.316 e. The van der Waals surface area contributed by atoms with Crippen LogP contribution in [0.5, 0.6) is 6.01 Å². The van der Waals surface area contributed by atoms with Crippen LogP contribution < -0.4 is 4.74 Å². The lowest BCUT2D eigenvalue weighted by Crippen LogP contribution is -2.31. The number of carbonyl (C=O) groups is 1. The molecule has 0 radical (unpaired) electrons. The van der Waals surface area contributed by atoms with Gasteiger partial charge in [0.2, 0.25) is 0 Å². The second-order valence-corrected chi connectivity index (χ2v) is 6.73. The summed E-state index contributed by atoms with van der Waals surface area (Å²) >= 11 is 1.45. The molecule has 1 aliphatic rings. The van der Waals surface area contributed by atoms with Gasteiger partial charge in [0.05, 0.1) is 18.9 Å². The highest BCUT2D eigenvalue weighted by Crippen LogP contribution is 2.25. The van der Waals surface area contributed by atoms with Crippen LogP contribution in [0.15, 0.2) is 48.1 Å². The van der Waals surface area contributed by atoms with Gasteiger partial charge < -0.3 is 9.64 Å². The Morgan fingerprint density at radius 1 is 1.23 bits per heavy atom. The molecule has 0 spiro atoms. The van der Waals surface area contributed by atoms with Gasteiger partial charge in [-0.05, 0) is 0 Å². The van der Waals surface area contributed by atoms with Crippen LogP contribution in [0.2, 0.25) is 0 Å². The fourth-order valence-corrected chi connectivity index (χ4v) is 3.57. The van der Waals surface area contributed by atoms with Gasteiger partial charge in [0.1, 0.15) is 16.8 Å². The molecule has 26 heavy (non-hydrogen) atoms. The number of amides is 1. The first-order valence-electron chi connectivity index (χ1n) is 8.13. The van der Waals surface area contributed by atoms with Crippen LogP contribution in [0.3, 0.4) is 0 Å². The Balaban J connectivity index is 1.40. The Morgan fingerprint density at radius 3 is 2.77 bits per heavy atom. The van der Waals surface area contributed by atoms with Crippen molar-refractivity contribution in [3.63, 3.8) is 0 Å². The molecule has 0 saturated carbocycles. The van der Waals surface area contributed by atoms with Crippen LogP contribution in [0.1, 0.15) is 16.9 Å². The zero-order valence-electron chi connectivity index (χ0n) is 13.7. The minimum Gasteiger partial charge on any atom is -0.458 e. The molecule has 1 amide bonds. The lowest BCUT2D eigenvalue weighted by Gasteiger charge is -2.15. The fourth-order valence-electron chi connectivity index (χ4n) is 2.77. The zero-order chi connectivity index (χ0) is 17.9. The number of hydrogen-bond donors (Lipinski definition) is 0. The summed E-state index contributed by atoms with van der Waals surface area (Å²) in [6, 6.07) is 9.88. The quantitative estimate of drug-likeness (QED) is 0.706. The molecule has 0 aliphatic carbocycles. The third kappa shape index (κ3) is 3.55.